The van der Waals surface area contributed by atoms with E-state index in [9.17, 15) is 0 Å². The fourth-order valence-corrected chi connectivity index (χ4v) is 3.56. The number of likely N-dealkylation sites (tertiary alicyclic amines) is 1. The summed E-state index contributed by atoms with van der Waals surface area (Å²) in [5.74, 6) is 1.78. The molecule has 1 aliphatic heterocycles. The van der Waals surface area contributed by atoms with Crippen LogP contribution >= 0.6 is 0 Å². The molecule has 0 aromatic rings. The standard InChI is InChI=1S/C14H28N2/c1-2-5-12-8-9-16(10-12)11-14(15)13-6-3-4-7-13/h12-14H,2-11,15H2,1H3. The van der Waals surface area contributed by atoms with Crippen LogP contribution in [0.15, 0.2) is 0 Å². The van der Waals surface area contributed by atoms with Gasteiger partial charge in [0.2, 0.25) is 0 Å². The molecular formula is C14H28N2. The van der Waals surface area contributed by atoms with Crippen LogP contribution in [0.4, 0.5) is 0 Å². The predicted octanol–water partition coefficient (Wildman–Crippen LogP) is 2.63. The Bertz CT molecular complexity index is 199. The molecule has 2 nitrogen and oxygen atoms in total. The van der Waals surface area contributed by atoms with E-state index in [1.807, 2.05) is 0 Å². The van der Waals surface area contributed by atoms with Crippen molar-refractivity contribution in [2.75, 3.05) is 19.6 Å². The van der Waals surface area contributed by atoms with Crippen molar-refractivity contribution < 1.29 is 0 Å². The van der Waals surface area contributed by atoms with Crippen molar-refractivity contribution in [3.05, 3.63) is 0 Å². The molecule has 0 spiro atoms. The molecule has 0 bridgehead atoms. The van der Waals surface area contributed by atoms with E-state index >= 15 is 0 Å². The predicted molar refractivity (Wildman–Crippen MR) is 69.4 cm³/mol. The molecule has 1 saturated carbocycles. The molecule has 1 heterocycles. The maximum atomic E-state index is 6.34. The SMILES string of the molecule is CCCC1CCN(CC(N)C2CCCC2)C1. The van der Waals surface area contributed by atoms with E-state index in [0.717, 1.165) is 18.4 Å². The Morgan fingerprint density at radius 2 is 2.00 bits per heavy atom. The quantitative estimate of drug-likeness (QED) is 0.778. The molecule has 1 saturated heterocycles. The van der Waals surface area contributed by atoms with Gasteiger partial charge >= 0.3 is 0 Å². The summed E-state index contributed by atoms with van der Waals surface area (Å²) in [4.78, 5) is 2.61. The molecule has 2 N–H and O–H groups in total. The van der Waals surface area contributed by atoms with Crippen molar-refractivity contribution in [3.63, 3.8) is 0 Å². The third-order valence-electron chi connectivity index (χ3n) is 4.54. The number of rotatable bonds is 5. The summed E-state index contributed by atoms with van der Waals surface area (Å²) >= 11 is 0. The Labute approximate surface area is 101 Å². The molecule has 2 aliphatic rings. The summed E-state index contributed by atoms with van der Waals surface area (Å²) in [7, 11) is 0. The number of nitrogens with zero attached hydrogens (tertiary/aromatic N) is 1. The maximum absolute atomic E-state index is 6.34. The van der Waals surface area contributed by atoms with Crippen LogP contribution in [0, 0.1) is 11.8 Å². The second kappa shape index (κ2) is 6.02. The summed E-state index contributed by atoms with van der Waals surface area (Å²) in [6.07, 6.45) is 9.75. The monoisotopic (exact) mass is 224 g/mol. The van der Waals surface area contributed by atoms with Gasteiger partial charge in [-0.05, 0) is 44.1 Å². The summed E-state index contributed by atoms with van der Waals surface area (Å²) in [5, 5.41) is 0. The van der Waals surface area contributed by atoms with Crippen LogP contribution in [0.1, 0.15) is 51.9 Å². The Morgan fingerprint density at radius 1 is 1.25 bits per heavy atom. The summed E-state index contributed by atoms with van der Waals surface area (Å²) in [6.45, 7) is 6.07. The molecule has 0 aromatic heterocycles. The van der Waals surface area contributed by atoms with E-state index in [1.165, 1.54) is 58.0 Å². The molecule has 16 heavy (non-hydrogen) atoms. The van der Waals surface area contributed by atoms with Crippen molar-refractivity contribution >= 4 is 0 Å². The maximum Gasteiger partial charge on any atom is 0.0196 e. The molecule has 2 heteroatoms. The fraction of sp³-hybridized carbons (Fsp3) is 1.00. The lowest BCUT2D eigenvalue weighted by atomic mass is 9.98. The third kappa shape index (κ3) is 3.21. The second-order valence-electron chi connectivity index (χ2n) is 5.91. The van der Waals surface area contributed by atoms with Crippen molar-refractivity contribution in [3.8, 4) is 0 Å². The normalized spacial score (nSPS) is 30.0. The molecule has 2 atom stereocenters. The zero-order valence-corrected chi connectivity index (χ0v) is 10.8. The minimum atomic E-state index is 0.447. The average Bonchev–Trinajstić information content (AvgIpc) is 2.89. The highest BCUT2D eigenvalue weighted by molar-refractivity contribution is 4.83. The van der Waals surface area contributed by atoms with Crippen LogP contribution in [-0.2, 0) is 0 Å². The molecular weight excluding hydrogens is 196 g/mol. The van der Waals surface area contributed by atoms with E-state index in [-0.39, 0.29) is 0 Å². The van der Waals surface area contributed by atoms with Crippen LogP contribution in [-0.4, -0.2) is 30.6 Å². The van der Waals surface area contributed by atoms with Gasteiger partial charge in [0.15, 0.2) is 0 Å². The summed E-state index contributed by atoms with van der Waals surface area (Å²) < 4.78 is 0. The highest BCUT2D eigenvalue weighted by Crippen LogP contribution is 2.28. The molecule has 2 unspecified atom stereocenters. The Hall–Kier alpha value is -0.0800. The van der Waals surface area contributed by atoms with Gasteiger partial charge in [0.25, 0.3) is 0 Å². The van der Waals surface area contributed by atoms with Crippen LogP contribution in [0.25, 0.3) is 0 Å². The molecule has 94 valence electrons. The minimum absolute atomic E-state index is 0.447. The lowest BCUT2D eigenvalue weighted by Crippen LogP contribution is -2.40. The van der Waals surface area contributed by atoms with Gasteiger partial charge in [0.05, 0.1) is 0 Å². The lowest BCUT2D eigenvalue weighted by Gasteiger charge is -2.25. The van der Waals surface area contributed by atoms with Crippen LogP contribution in [0.5, 0.6) is 0 Å². The molecule has 2 fully saturated rings. The third-order valence-corrected chi connectivity index (χ3v) is 4.54. The van der Waals surface area contributed by atoms with E-state index in [2.05, 4.69) is 11.8 Å². The average molecular weight is 224 g/mol. The van der Waals surface area contributed by atoms with Gasteiger partial charge in [-0.1, -0.05) is 26.2 Å². The van der Waals surface area contributed by atoms with E-state index < -0.39 is 0 Å². The van der Waals surface area contributed by atoms with E-state index in [1.54, 1.807) is 0 Å². The van der Waals surface area contributed by atoms with Gasteiger partial charge in [-0.3, -0.25) is 0 Å². The molecule has 1 aliphatic carbocycles. The number of nitrogens with two attached hydrogens (primary N) is 1. The first kappa shape index (κ1) is 12.4. The lowest BCUT2D eigenvalue weighted by molar-refractivity contribution is 0.262. The van der Waals surface area contributed by atoms with Crippen molar-refractivity contribution in [1.29, 1.82) is 0 Å². The Balaban J connectivity index is 1.69. The molecule has 0 radical (unpaired) electrons. The van der Waals surface area contributed by atoms with Gasteiger partial charge in [-0.25, -0.2) is 0 Å². The van der Waals surface area contributed by atoms with E-state index in [0.29, 0.717) is 6.04 Å². The fourth-order valence-electron chi connectivity index (χ4n) is 3.56. The Kier molecular flexibility index (Phi) is 4.66. The topological polar surface area (TPSA) is 29.3 Å². The summed E-state index contributed by atoms with van der Waals surface area (Å²) in [6, 6.07) is 0.447. The van der Waals surface area contributed by atoms with Gasteiger partial charge in [-0.2, -0.15) is 0 Å². The number of hydrogen-bond donors (Lipinski definition) is 1. The van der Waals surface area contributed by atoms with Gasteiger partial charge in [0.1, 0.15) is 0 Å². The van der Waals surface area contributed by atoms with Crippen LogP contribution < -0.4 is 5.73 Å². The Morgan fingerprint density at radius 3 is 2.69 bits per heavy atom. The first-order valence-corrected chi connectivity index (χ1v) is 7.27. The van der Waals surface area contributed by atoms with Gasteiger partial charge < -0.3 is 10.6 Å². The van der Waals surface area contributed by atoms with Gasteiger partial charge in [-0.15, -0.1) is 0 Å². The zero-order valence-electron chi connectivity index (χ0n) is 10.8. The molecule has 2 rings (SSSR count). The van der Waals surface area contributed by atoms with Crippen LogP contribution in [0.2, 0.25) is 0 Å². The molecule has 0 amide bonds. The van der Waals surface area contributed by atoms with E-state index in [4.69, 9.17) is 5.73 Å². The first-order chi connectivity index (χ1) is 7.79. The minimum Gasteiger partial charge on any atom is -0.326 e. The largest absolute Gasteiger partial charge is 0.326 e. The highest BCUT2D eigenvalue weighted by atomic mass is 15.2. The number of hydrogen-bond acceptors (Lipinski definition) is 2. The van der Waals surface area contributed by atoms with Gasteiger partial charge in [0, 0.05) is 19.1 Å². The first-order valence-electron chi connectivity index (χ1n) is 7.27. The van der Waals surface area contributed by atoms with Crippen molar-refractivity contribution in [2.24, 2.45) is 17.6 Å². The smallest absolute Gasteiger partial charge is 0.0196 e. The highest BCUT2D eigenvalue weighted by Gasteiger charge is 2.27. The summed E-state index contributed by atoms with van der Waals surface area (Å²) in [5.41, 5.74) is 6.34. The molecule has 0 aromatic carbocycles. The zero-order chi connectivity index (χ0) is 11.4. The van der Waals surface area contributed by atoms with Crippen LogP contribution in [0.3, 0.4) is 0 Å². The van der Waals surface area contributed by atoms with Crippen molar-refractivity contribution in [1.82, 2.24) is 4.90 Å². The van der Waals surface area contributed by atoms with Crippen molar-refractivity contribution in [2.45, 2.75) is 57.9 Å². The second-order valence-corrected chi connectivity index (χ2v) is 5.91.